The summed E-state index contributed by atoms with van der Waals surface area (Å²) < 4.78 is 43.1. The fourth-order valence-electron chi connectivity index (χ4n) is 3.33. The van der Waals surface area contributed by atoms with Crippen molar-refractivity contribution >= 4 is 9.84 Å². The fourth-order valence-corrected chi connectivity index (χ4v) is 4.50. The Labute approximate surface area is 150 Å². The van der Waals surface area contributed by atoms with Crippen molar-refractivity contribution in [1.82, 2.24) is 15.0 Å². The molecule has 4 rings (SSSR count). The first-order valence-corrected chi connectivity index (χ1v) is 10.3. The van der Waals surface area contributed by atoms with Crippen molar-refractivity contribution in [1.29, 1.82) is 0 Å². The Kier molecular flexibility index (Phi) is 4.54. The van der Waals surface area contributed by atoms with Crippen molar-refractivity contribution in [2.24, 2.45) is 5.92 Å². The van der Waals surface area contributed by atoms with E-state index in [1.807, 2.05) is 0 Å². The number of β-amino-alcohol motifs (C(OH)–C–C–N with tert-alkyl or cyclic N) is 1. The topological polar surface area (TPSA) is 96.5 Å². The van der Waals surface area contributed by atoms with Crippen molar-refractivity contribution in [2.45, 2.75) is 42.1 Å². The number of likely N-dealkylation sites (tertiary alicyclic amines) is 1. The molecule has 1 N–H and O–H groups in total. The van der Waals surface area contributed by atoms with Crippen molar-refractivity contribution < 1.29 is 22.4 Å². The molecule has 140 valence electrons. The third-order valence-electron chi connectivity index (χ3n) is 4.83. The Morgan fingerprint density at radius 2 is 2.00 bits per heavy atom. The second-order valence-electron chi connectivity index (χ2n) is 7.06. The van der Waals surface area contributed by atoms with Crippen LogP contribution < -0.4 is 0 Å². The summed E-state index contributed by atoms with van der Waals surface area (Å²) >= 11 is 0. The average Bonchev–Trinajstić information content (AvgIpc) is 3.15. The molecule has 7 nitrogen and oxygen atoms in total. The van der Waals surface area contributed by atoms with E-state index in [-0.39, 0.29) is 16.8 Å². The van der Waals surface area contributed by atoms with E-state index in [9.17, 15) is 17.9 Å². The van der Waals surface area contributed by atoms with Crippen LogP contribution in [-0.2, 0) is 15.6 Å². The summed E-state index contributed by atoms with van der Waals surface area (Å²) in [5.74, 6) is 0.147. The van der Waals surface area contributed by atoms with Crippen LogP contribution in [-0.4, -0.2) is 47.8 Å². The zero-order valence-corrected chi connectivity index (χ0v) is 14.9. The number of nitrogens with zero attached hydrogens (tertiary/aromatic N) is 3. The van der Waals surface area contributed by atoms with E-state index in [1.165, 1.54) is 25.0 Å². The smallest absolute Gasteiger partial charge is 0.244 e. The summed E-state index contributed by atoms with van der Waals surface area (Å²) in [6.07, 6.45) is 2.45. The zero-order valence-electron chi connectivity index (χ0n) is 14.1. The molecule has 2 aromatic rings. The van der Waals surface area contributed by atoms with Crippen LogP contribution in [0.3, 0.4) is 0 Å². The number of rotatable bonds is 6. The van der Waals surface area contributed by atoms with Crippen LogP contribution in [0, 0.1) is 11.7 Å². The lowest BCUT2D eigenvalue weighted by molar-refractivity contribution is 0.170. The highest BCUT2D eigenvalue weighted by Gasteiger charge is 2.38. The van der Waals surface area contributed by atoms with E-state index < -0.39 is 27.5 Å². The summed E-state index contributed by atoms with van der Waals surface area (Å²) in [4.78, 5) is 6.39. The maximum Gasteiger partial charge on any atom is 0.244 e. The first kappa shape index (κ1) is 17.6. The van der Waals surface area contributed by atoms with Crippen LogP contribution in [0.25, 0.3) is 0 Å². The molecule has 2 heterocycles. The Balaban J connectivity index is 1.49. The third kappa shape index (κ3) is 3.79. The molecule has 0 amide bonds. The van der Waals surface area contributed by atoms with Gasteiger partial charge < -0.3 is 9.63 Å². The molecular weight excluding hydrogens is 361 g/mol. The summed E-state index contributed by atoms with van der Waals surface area (Å²) in [5, 5.41) is 13.8. The summed E-state index contributed by atoms with van der Waals surface area (Å²) in [6.45, 7) is 1.44. The number of hydrogen-bond acceptors (Lipinski definition) is 7. The molecule has 1 aliphatic heterocycles. The summed E-state index contributed by atoms with van der Waals surface area (Å²) in [6, 6.07) is 4.46. The number of halogens is 1. The molecule has 1 aromatic carbocycles. The molecular formula is C17H20FN3O4S. The number of aliphatic hydroxyl groups excluding tert-OH is 1. The first-order valence-electron chi connectivity index (χ1n) is 8.63. The number of aliphatic hydroxyl groups is 1. The molecule has 2 fully saturated rings. The minimum Gasteiger partial charge on any atom is -0.392 e. The largest absolute Gasteiger partial charge is 0.392 e. The van der Waals surface area contributed by atoms with Gasteiger partial charge in [-0.05, 0) is 49.4 Å². The number of hydrogen-bond donors (Lipinski definition) is 1. The Morgan fingerprint density at radius 3 is 2.69 bits per heavy atom. The van der Waals surface area contributed by atoms with Crippen LogP contribution in [0.15, 0.2) is 33.7 Å². The normalized spacial score (nSPS) is 24.2. The van der Waals surface area contributed by atoms with Gasteiger partial charge in [-0.15, -0.1) is 0 Å². The van der Waals surface area contributed by atoms with E-state index in [2.05, 4.69) is 15.0 Å². The number of sulfone groups is 1. The van der Waals surface area contributed by atoms with Crippen LogP contribution in [0.2, 0.25) is 0 Å². The lowest BCUT2D eigenvalue weighted by atomic mass is 10.2. The quantitative estimate of drug-likeness (QED) is 0.761. The predicted octanol–water partition coefficient (Wildman–Crippen LogP) is 1.70. The molecule has 9 heteroatoms. The van der Waals surface area contributed by atoms with Crippen molar-refractivity contribution in [3.8, 4) is 0 Å². The fraction of sp³-hybridized carbons (Fsp3) is 0.529. The van der Waals surface area contributed by atoms with Gasteiger partial charge in [-0.1, -0.05) is 5.16 Å². The average molecular weight is 381 g/mol. The third-order valence-corrected chi connectivity index (χ3v) is 6.46. The molecule has 26 heavy (non-hydrogen) atoms. The summed E-state index contributed by atoms with van der Waals surface area (Å²) in [7, 11) is -3.69. The van der Waals surface area contributed by atoms with Gasteiger partial charge in [0.05, 0.1) is 17.0 Å². The van der Waals surface area contributed by atoms with Gasteiger partial charge in [-0.2, -0.15) is 4.98 Å². The van der Waals surface area contributed by atoms with Gasteiger partial charge in [0.25, 0.3) is 0 Å². The van der Waals surface area contributed by atoms with Gasteiger partial charge in [-0.25, -0.2) is 12.8 Å². The number of benzene rings is 1. The molecule has 0 spiro atoms. The maximum absolute atomic E-state index is 13.0. The Hall–Kier alpha value is -1.84. The molecule has 2 atom stereocenters. The Morgan fingerprint density at radius 1 is 1.27 bits per heavy atom. The molecule has 1 saturated heterocycles. The molecule has 1 aliphatic carbocycles. The van der Waals surface area contributed by atoms with Crippen molar-refractivity contribution in [3.63, 3.8) is 0 Å². The van der Waals surface area contributed by atoms with Gasteiger partial charge in [0.1, 0.15) is 11.6 Å². The van der Waals surface area contributed by atoms with Crippen molar-refractivity contribution in [3.05, 3.63) is 41.8 Å². The van der Waals surface area contributed by atoms with Gasteiger partial charge in [0, 0.05) is 13.1 Å². The highest BCUT2D eigenvalue weighted by molar-refractivity contribution is 7.90. The van der Waals surface area contributed by atoms with E-state index in [0.29, 0.717) is 24.8 Å². The van der Waals surface area contributed by atoms with Crippen LogP contribution in [0.1, 0.15) is 37.0 Å². The SMILES string of the molecule is O=S(=O)(Cc1noc([C@@H]2C[C@@H](O)CN2CC2CC2)n1)c1ccc(F)cc1. The number of aromatic nitrogens is 2. The maximum atomic E-state index is 13.0. The lowest BCUT2D eigenvalue weighted by Gasteiger charge is -2.20. The first-order chi connectivity index (χ1) is 12.4. The molecule has 0 unspecified atom stereocenters. The van der Waals surface area contributed by atoms with E-state index in [0.717, 1.165) is 18.7 Å². The van der Waals surface area contributed by atoms with Gasteiger partial charge in [0.2, 0.25) is 5.89 Å². The highest BCUT2D eigenvalue weighted by Crippen LogP contribution is 2.37. The lowest BCUT2D eigenvalue weighted by Crippen LogP contribution is -2.27. The van der Waals surface area contributed by atoms with E-state index in [4.69, 9.17) is 4.52 Å². The summed E-state index contributed by atoms with van der Waals surface area (Å²) in [5.41, 5.74) is 0. The molecule has 1 aromatic heterocycles. The van der Waals surface area contributed by atoms with Crippen molar-refractivity contribution in [2.75, 3.05) is 13.1 Å². The van der Waals surface area contributed by atoms with Crippen LogP contribution in [0.4, 0.5) is 4.39 Å². The van der Waals surface area contributed by atoms with Gasteiger partial charge >= 0.3 is 0 Å². The van der Waals surface area contributed by atoms with Gasteiger partial charge in [0.15, 0.2) is 15.7 Å². The second kappa shape index (κ2) is 6.71. The van der Waals surface area contributed by atoms with Crippen LogP contribution in [0.5, 0.6) is 0 Å². The Bertz CT molecular complexity index is 880. The second-order valence-corrected chi connectivity index (χ2v) is 9.05. The monoisotopic (exact) mass is 381 g/mol. The minimum atomic E-state index is -3.69. The van der Waals surface area contributed by atoms with E-state index in [1.54, 1.807) is 0 Å². The van der Waals surface area contributed by atoms with E-state index >= 15 is 0 Å². The molecule has 0 radical (unpaired) electrons. The highest BCUT2D eigenvalue weighted by atomic mass is 32.2. The standard InChI is InChI=1S/C17H20FN3O4S/c18-12-3-5-14(6-4-12)26(23,24)10-16-19-17(25-20-16)15-7-13(22)9-21(15)8-11-1-2-11/h3-6,11,13,15,22H,1-2,7-10H2/t13-,15+/m1/s1. The minimum absolute atomic E-state index is 0.0110. The molecule has 0 bridgehead atoms. The predicted molar refractivity (Wildman–Crippen MR) is 89.2 cm³/mol. The molecule has 2 aliphatic rings. The zero-order chi connectivity index (χ0) is 18.3. The molecule has 1 saturated carbocycles. The van der Waals surface area contributed by atoms with Gasteiger partial charge in [-0.3, -0.25) is 4.90 Å². The van der Waals surface area contributed by atoms with Crippen LogP contribution >= 0.6 is 0 Å².